The van der Waals surface area contributed by atoms with Crippen molar-refractivity contribution in [2.45, 2.75) is 59.9 Å². The van der Waals surface area contributed by atoms with Crippen molar-refractivity contribution >= 4 is 0 Å². The molecule has 0 heterocycles. The van der Waals surface area contributed by atoms with Crippen molar-refractivity contribution < 1.29 is 0 Å². The van der Waals surface area contributed by atoms with Crippen LogP contribution in [-0.2, 0) is 0 Å². The Hall–Kier alpha value is -0.0400. The van der Waals surface area contributed by atoms with Crippen LogP contribution in [0.4, 0.5) is 0 Å². The number of nitrogens with zero attached hydrogens (tertiary/aromatic N) is 1. The summed E-state index contributed by atoms with van der Waals surface area (Å²) in [6, 6.07) is 0.731. The molecule has 0 rings (SSSR count). The summed E-state index contributed by atoms with van der Waals surface area (Å²) >= 11 is 0. The first-order valence-electron chi connectivity index (χ1n) is 6.23. The molecular formula is C13H29N. The minimum atomic E-state index is 0.731. The lowest BCUT2D eigenvalue weighted by Gasteiger charge is -2.28. The molecule has 0 aliphatic rings. The minimum Gasteiger partial charge on any atom is -0.304 e. The summed E-state index contributed by atoms with van der Waals surface area (Å²) in [6.07, 6.45) is 4.04. The van der Waals surface area contributed by atoms with Crippen molar-refractivity contribution in [3.05, 3.63) is 0 Å². The van der Waals surface area contributed by atoms with E-state index in [9.17, 15) is 0 Å². The van der Waals surface area contributed by atoms with E-state index in [4.69, 9.17) is 0 Å². The maximum absolute atomic E-state index is 2.44. The molecule has 0 aliphatic heterocycles. The normalized spacial score (nSPS) is 18.2. The van der Waals surface area contributed by atoms with Crippen LogP contribution in [0.5, 0.6) is 0 Å². The van der Waals surface area contributed by atoms with Gasteiger partial charge in [-0.1, -0.05) is 40.5 Å². The van der Waals surface area contributed by atoms with Gasteiger partial charge in [-0.15, -0.1) is 0 Å². The van der Waals surface area contributed by atoms with Gasteiger partial charge in [-0.05, 0) is 38.8 Å². The summed E-state index contributed by atoms with van der Waals surface area (Å²) in [5.41, 5.74) is 0. The van der Waals surface area contributed by atoms with Gasteiger partial charge in [-0.3, -0.25) is 0 Å². The highest BCUT2D eigenvalue weighted by molar-refractivity contribution is 4.69. The summed E-state index contributed by atoms with van der Waals surface area (Å²) in [7, 11) is 2.22. The average molecular weight is 199 g/mol. The monoisotopic (exact) mass is 199 g/mol. The predicted molar refractivity (Wildman–Crippen MR) is 65.6 cm³/mol. The SMILES string of the molecule is CCCC(C)C(C)CC(C)N(C)CC. The van der Waals surface area contributed by atoms with E-state index in [0.717, 1.165) is 24.4 Å². The summed E-state index contributed by atoms with van der Waals surface area (Å²) < 4.78 is 0. The van der Waals surface area contributed by atoms with Crippen LogP contribution in [0.3, 0.4) is 0 Å². The van der Waals surface area contributed by atoms with Crippen molar-refractivity contribution in [2.24, 2.45) is 11.8 Å². The molecule has 0 aliphatic carbocycles. The third-order valence-electron chi connectivity index (χ3n) is 3.68. The molecule has 0 aromatic carbocycles. The largest absolute Gasteiger partial charge is 0.304 e. The van der Waals surface area contributed by atoms with E-state index in [1.165, 1.54) is 19.3 Å². The Morgan fingerprint density at radius 3 is 2.00 bits per heavy atom. The molecule has 0 aromatic rings. The molecule has 3 atom stereocenters. The van der Waals surface area contributed by atoms with Crippen LogP contribution in [0, 0.1) is 11.8 Å². The van der Waals surface area contributed by atoms with Gasteiger partial charge in [-0.2, -0.15) is 0 Å². The second kappa shape index (κ2) is 7.28. The summed E-state index contributed by atoms with van der Waals surface area (Å²) in [4.78, 5) is 2.44. The molecule has 1 nitrogen and oxygen atoms in total. The zero-order valence-corrected chi connectivity index (χ0v) is 11.0. The molecule has 0 radical (unpaired) electrons. The minimum absolute atomic E-state index is 0.731. The van der Waals surface area contributed by atoms with Crippen molar-refractivity contribution in [3.8, 4) is 0 Å². The van der Waals surface area contributed by atoms with E-state index in [0.29, 0.717) is 0 Å². The maximum atomic E-state index is 2.44. The second-order valence-corrected chi connectivity index (χ2v) is 4.90. The standard InChI is InChI=1S/C13H29N/c1-7-9-11(3)12(4)10-13(5)14(6)8-2/h11-13H,7-10H2,1-6H3. The van der Waals surface area contributed by atoms with Crippen molar-refractivity contribution in [1.29, 1.82) is 0 Å². The van der Waals surface area contributed by atoms with Crippen LogP contribution in [0.25, 0.3) is 0 Å². The lowest BCUT2D eigenvalue weighted by atomic mass is 9.87. The predicted octanol–water partition coefficient (Wildman–Crippen LogP) is 3.79. The van der Waals surface area contributed by atoms with Crippen molar-refractivity contribution in [2.75, 3.05) is 13.6 Å². The first-order chi connectivity index (χ1) is 6.52. The molecule has 0 saturated carbocycles. The molecule has 1 heteroatoms. The van der Waals surface area contributed by atoms with E-state index in [1.54, 1.807) is 0 Å². The molecule has 14 heavy (non-hydrogen) atoms. The average Bonchev–Trinajstić information content (AvgIpc) is 2.16. The highest BCUT2D eigenvalue weighted by Gasteiger charge is 2.16. The Bertz CT molecular complexity index is 133. The smallest absolute Gasteiger partial charge is 0.00664 e. The van der Waals surface area contributed by atoms with Gasteiger partial charge in [0.25, 0.3) is 0 Å². The molecule has 0 bridgehead atoms. The first-order valence-corrected chi connectivity index (χ1v) is 6.23. The van der Waals surface area contributed by atoms with E-state index >= 15 is 0 Å². The summed E-state index contributed by atoms with van der Waals surface area (Å²) in [6.45, 7) is 12.8. The van der Waals surface area contributed by atoms with Crippen LogP contribution in [0.1, 0.15) is 53.9 Å². The third kappa shape index (κ3) is 4.99. The van der Waals surface area contributed by atoms with E-state index < -0.39 is 0 Å². The summed E-state index contributed by atoms with van der Waals surface area (Å²) in [5.74, 6) is 1.74. The van der Waals surface area contributed by atoms with Gasteiger partial charge >= 0.3 is 0 Å². The lowest BCUT2D eigenvalue weighted by molar-refractivity contribution is 0.207. The lowest BCUT2D eigenvalue weighted by Crippen LogP contribution is -2.31. The zero-order valence-electron chi connectivity index (χ0n) is 11.0. The van der Waals surface area contributed by atoms with Crippen LogP contribution in [-0.4, -0.2) is 24.5 Å². The molecule has 0 N–H and O–H groups in total. The molecule has 3 unspecified atom stereocenters. The number of rotatable bonds is 7. The molecule has 86 valence electrons. The number of hydrogen-bond donors (Lipinski definition) is 0. The molecule has 0 saturated heterocycles. The fourth-order valence-electron chi connectivity index (χ4n) is 2.00. The van der Waals surface area contributed by atoms with E-state index in [1.807, 2.05) is 0 Å². The van der Waals surface area contributed by atoms with Crippen LogP contribution < -0.4 is 0 Å². The van der Waals surface area contributed by atoms with Crippen LogP contribution in [0.2, 0.25) is 0 Å². The Balaban J connectivity index is 3.85. The van der Waals surface area contributed by atoms with E-state index in [-0.39, 0.29) is 0 Å². The van der Waals surface area contributed by atoms with Gasteiger partial charge in [0.1, 0.15) is 0 Å². The molecule has 0 aromatic heterocycles. The van der Waals surface area contributed by atoms with Gasteiger partial charge in [0.15, 0.2) is 0 Å². The summed E-state index contributed by atoms with van der Waals surface area (Å²) in [5, 5.41) is 0. The quantitative estimate of drug-likeness (QED) is 0.603. The Morgan fingerprint density at radius 2 is 1.57 bits per heavy atom. The topological polar surface area (TPSA) is 3.24 Å². The Morgan fingerprint density at radius 1 is 1.00 bits per heavy atom. The van der Waals surface area contributed by atoms with Crippen molar-refractivity contribution in [3.63, 3.8) is 0 Å². The number of hydrogen-bond acceptors (Lipinski definition) is 1. The van der Waals surface area contributed by atoms with Crippen LogP contribution in [0.15, 0.2) is 0 Å². The molecule has 0 spiro atoms. The highest BCUT2D eigenvalue weighted by atomic mass is 15.1. The Labute approximate surface area is 90.9 Å². The van der Waals surface area contributed by atoms with Crippen molar-refractivity contribution in [1.82, 2.24) is 4.90 Å². The molecule has 0 amide bonds. The fraction of sp³-hybridized carbons (Fsp3) is 1.00. The van der Waals surface area contributed by atoms with E-state index in [2.05, 4.69) is 46.6 Å². The fourth-order valence-corrected chi connectivity index (χ4v) is 2.00. The Kier molecular flexibility index (Phi) is 7.26. The third-order valence-corrected chi connectivity index (χ3v) is 3.68. The maximum Gasteiger partial charge on any atom is 0.00664 e. The van der Waals surface area contributed by atoms with Crippen LogP contribution >= 0.6 is 0 Å². The zero-order chi connectivity index (χ0) is 11.1. The second-order valence-electron chi connectivity index (χ2n) is 4.90. The molecule has 0 fully saturated rings. The molecular weight excluding hydrogens is 170 g/mol. The van der Waals surface area contributed by atoms with Gasteiger partial charge in [0.2, 0.25) is 0 Å². The first kappa shape index (κ1) is 14.0. The van der Waals surface area contributed by atoms with Gasteiger partial charge in [0.05, 0.1) is 0 Å². The highest BCUT2D eigenvalue weighted by Crippen LogP contribution is 2.22. The van der Waals surface area contributed by atoms with Gasteiger partial charge in [-0.25, -0.2) is 0 Å². The van der Waals surface area contributed by atoms with Gasteiger partial charge in [0, 0.05) is 6.04 Å². The van der Waals surface area contributed by atoms with Gasteiger partial charge < -0.3 is 4.90 Å².